The van der Waals surface area contributed by atoms with Gasteiger partial charge in [-0.1, -0.05) is 0 Å². The van der Waals surface area contributed by atoms with E-state index >= 15 is 0 Å². The summed E-state index contributed by atoms with van der Waals surface area (Å²) >= 11 is 0. The van der Waals surface area contributed by atoms with Crippen molar-refractivity contribution >= 4 is 0 Å². The van der Waals surface area contributed by atoms with Gasteiger partial charge in [-0.2, -0.15) is 0 Å². The van der Waals surface area contributed by atoms with Crippen LogP contribution in [0.5, 0.6) is 0 Å². The molecule has 70 valence electrons. The number of hydrogen-bond donors (Lipinski definition) is 1. The van der Waals surface area contributed by atoms with E-state index in [1.54, 1.807) is 0 Å². The van der Waals surface area contributed by atoms with Crippen molar-refractivity contribution in [1.29, 1.82) is 0 Å². The molecule has 2 aliphatic rings. The molecule has 0 aliphatic carbocycles. The molecule has 2 saturated heterocycles. The van der Waals surface area contributed by atoms with Crippen LogP contribution in [0.2, 0.25) is 0 Å². The summed E-state index contributed by atoms with van der Waals surface area (Å²) in [5.41, 5.74) is 0. The second-order valence-electron chi connectivity index (χ2n) is 4.09. The van der Waals surface area contributed by atoms with E-state index in [0.29, 0.717) is 18.1 Å². The van der Waals surface area contributed by atoms with E-state index in [1.807, 2.05) is 5.01 Å². The minimum absolute atomic E-state index is 0.501. The highest BCUT2D eigenvalue weighted by atomic mass is 16.5. The summed E-state index contributed by atoms with van der Waals surface area (Å²) in [4.78, 5) is 0. The Morgan fingerprint density at radius 3 is 2.83 bits per heavy atom. The van der Waals surface area contributed by atoms with Gasteiger partial charge in [0.25, 0.3) is 0 Å². The summed E-state index contributed by atoms with van der Waals surface area (Å²) in [7, 11) is 0. The molecule has 2 N–H and O–H groups in total. The molecule has 2 aliphatic heterocycles. The van der Waals surface area contributed by atoms with Gasteiger partial charge in [0.05, 0.1) is 6.10 Å². The first-order valence-electron chi connectivity index (χ1n) is 4.90. The Balaban J connectivity index is 1.89. The van der Waals surface area contributed by atoms with E-state index in [-0.39, 0.29) is 0 Å². The molecule has 0 aromatic heterocycles. The topological polar surface area (TPSA) is 38.5 Å². The van der Waals surface area contributed by atoms with Crippen molar-refractivity contribution in [3.63, 3.8) is 0 Å². The summed E-state index contributed by atoms with van der Waals surface area (Å²) in [6, 6.07) is 0.541. The lowest BCUT2D eigenvalue weighted by Crippen LogP contribution is -2.34. The lowest BCUT2D eigenvalue weighted by atomic mass is 9.97. The molecule has 1 unspecified atom stereocenters. The quantitative estimate of drug-likeness (QED) is 0.590. The molecule has 3 atom stereocenters. The summed E-state index contributed by atoms with van der Waals surface area (Å²) < 4.78 is 5.65. The van der Waals surface area contributed by atoms with Crippen molar-refractivity contribution in [3.8, 4) is 0 Å². The molecular formula is C9H18N2O. The van der Waals surface area contributed by atoms with E-state index in [0.717, 1.165) is 13.2 Å². The highest BCUT2D eigenvalue weighted by Crippen LogP contribution is 2.29. The normalized spacial score (nSPS) is 44.0. The molecule has 0 amide bonds. The largest absolute Gasteiger partial charge is 0.378 e. The molecule has 3 heteroatoms. The van der Waals surface area contributed by atoms with E-state index in [4.69, 9.17) is 10.6 Å². The molecule has 0 spiro atoms. The molecular weight excluding hydrogens is 152 g/mol. The fourth-order valence-corrected chi connectivity index (χ4v) is 2.34. The van der Waals surface area contributed by atoms with Crippen LogP contribution in [-0.4, -0.2) is 30.3 Å². The van der Waals surface area contributed by atoms with Gasteiger partial charge >= 0.3 is 0 Å². The van der Waals surface area contributed by atoms with Crippen molar-refractivity contribution < 1.29 is 4.74 Å². The Morgan fingerprint density at radius 2 is 2.33 bits per heavy atom. The first-order chi connectivity index (χ1) is 5.77. The molecule has 0 aromatic rings. The molecule has 0 saturated carbocycles. The van der Waals surface area contributed by atoms with Crippen molar-refractivity contribution in [2.45, 2.75) is 38.3 Å². The maximum absolute atomic E-state index is 5.81. The summed E-state index contributed by atoms with van der Waals surface area (Å²) in [6.07, 6.45) is 4.19. The van der Waals surface area contributed by atoms with Crippen LogP contribution in [0.3, 0.4) is 0 Å². The first-order valence-corrected chi connectivity index (χ1v) is 4.90. The van der Waals surface area contributed by atoms with Crippen LogP contribution in [0.1, 0.15) is 26.2 Å². The van der Waals surface area contributed by atoms with Gasteiger partial charge < -0.3 is 4.74 Å². The van der Waals surface area contributed by atoms with Gasteiger partial charge in [0.1, 0.15) is 0 Å². The van der Waals surface area contributed by atoms with Crippen LogP contribution in [0.4, 0.5) is 0 Å². The van der Waals surface area contributed by atoms with E-state index in [2.05, 4.69) is 6.92 Å². The third-order valence-electron chi connectivity index (χ3n) is 3.15. The molecule has 2 heterocycles. The Bertz CT molecular complexity index is 147. The highest BCUT2D eigenvalue weighted by Gasteiger charge is 2.34. The first kappa shape index (κ1) is 8.48. The highest BCUT2D eigenvalue weighted by molar-refractivity contribution is 4.85. The zero-order valence-electron chi connectivity index (χ0n) is 7.70. The Hall–Kier alpha value is -0.120. The minimum atomic E-state index is 0.501. The monoisotopic (exact) mass is 170 g/mol. The van der Waals surface area contributed by atoms with Gasteiger partial charge in [-0.25, -0.2) is 5.01 Å². The summed E-state index contributed by atoms with van der Waals surface area (Å²) in [5.74, 6) is 6.50. The van der Waals surface area contributed by atoms with Crippen molar-refractivity contribution in [3.05, 3.63) is 0 Å². The molecule has 12 heavy (non-hydrogen) atoms. The predicted octanol–water partition coefficient (Wildman–Crippen LogP) is 0.750. The number of nitrogens with zero attached hydrogens (tertiary/aromatic N) is 1. The van der Waals surface area contributed by atoms with Gasteiger partial charge in [0.15, 0.2) is 0 Å². The fraction of sp³-hybridized carbons (Fsp3) is 1.00. The molecule has 0 radical (unpaired) electrons. The molecule has 2 rings (SSSR count). The molecule has 2 fully saturated rings. The third kappa shape index (κ3) is 1.49. The van der Waals surface area contributed by atoms with Crippen LogP contribution in [0.15, 0.2) is 0 Å². The van der Waals surface area contributed by atoms with E-state index in [9.17, 15) is 0 Å². The minimum Gasteiger partial charge on any atom is -0.378 e. The van der Waals surface area contributed by atoms with Gasteiger partial charge in [0, 0.05) is 25.1 Å². The van der Waals surface area contributed by atoms with Crippen LogP contribution in [0, 0.1) is 5.92 Å². The van der Waals surface area contributed by atoms with Crippen molar-refractivity contribution in [1.82, 2.24) is 5.01 Å². The zero-order chi connectivity index (χ0) is 8.55. The van der Waals surface area contributed by atoms with Crippen LogP contribution in [-0.2, 0) is 4.74 Å². The molecule has 0 aromatic carbocycles. The molecule has 3 nitrogen and oxygen atoms in total. The van der Waals surface area contributed by atoms with E-state index in [1.165, 1.54) is 19.3 Å². The Kier molecular flexibility index (Phi) is 2.35. The number of rotatable bonds is 1. The number of nitrogens with two attached hydrogens (primary N) is 1. The van der Waals surface area contributed by atoms with Gasteiger partial charge in [-0.05, 0) is 26.2 Å². The lowest BCUT2D eigenvalue weighted by molar-refractivity contribution is 0.0657. The third-order valence-corrected chi connectivity index (χ3v) is 3.15. The van der Waals surface area contributed by atoms with Crippen LogP contribution < -0.4 is 5.84 Å². The number of hydrogen-bond acceptors (Lipinski definition) is 3. The lowest BCUT2D eigenvalue weighted by Gasteiger charge is -2.16. The van der Waals surface area contributed by atoms with Gasteiger partial charge in [0.2, 0.25) is 0 Å². The summed E-state index contributed by atoms with van der Waals surface area (Å²) in [6.45, 7) is 4.17. The molecule has 0 bridgehead atoms. The Morgan fingerprint density at radius 1 is 1.50 bits per heavy atom. The van der Waals surface area contributed by atoms with Gasteiger partial charge in [-0.15, -0.1) is 0 Å². The maximum Gasteiger partial charge on any atom is 0.0617 e. The Labute approximate surface area is 73.8 Å². The number of ether oxygens (including phenoxy) is 1. The van der Waals surface area contributed by atoms with Crippen molar-refractivity contribution in [2.24, 2.45) is 11.8 Å². The standard InChI is InChI=1S/C9H18N2O/c1-7-5-8(6-11(7)10)9-3-2-4-12-9/h7-9H,2-6,10H2,1H3/t7-,8+,9?/m1/s1. The second-order valence-corrected chi connectivity index (χ2v) is 4.09. The maximum atomic E-state index is 5.81. The van der Waals surface area contributed by atoms with Crippen LogP contribution >= 0.6 is 0 Å². The summed E-state index contributed by atoms with van der Waals surface area (Å²) in [5, 5.41) is 1.95. The zero-order valence-corrected chi connectivity index (χ0v) is 7.70. The van der Waals surface area contributed by atoms with Gasteiger partial charge in [-0.3, -0.25) is 5.84 Å². The predicted molar refractivity (Wildman–Crippen MR) is 47.4 cm³/mol. The van der Waals surface area contributed by atoms with Crippen LogP contribution in [0.25, 0.3) is 0 Å². The van der Waals surface area contributed by atoms with E-state index < -0.39 is 0 Å². The second kappa shape index (κ2) is 3.32. The number of hydrazine groups is 1. The smallest absolute Gasteiger partial charge is 0.0617 e. The van der Waals surface area contributed by atoms with Crippen molar-refractivity contribution in [2.75, 3.05) is 13.2 Å². The SMILES string of the molecule is C[C@@H]1C[C@H](C2CCCO2)CN1N. The average Bonchev–Trinajstić information content (AvgIpc) is 2.61. The fourth-order valence-electron chi connectivity index (χ4n) is 2.34. The average molecular weight is 170 g/mol.